The molecule has 0 radical (unpaired) electrons. The first-order valence-corrected chi connectivity index (χ1v) is 10.0. The van der Waals surface area contributed by atoms with E-state index < -0.39 is 0 Å². The molecule has 5 rings (SSSR count). The van der Waals surface area contributed by atoms with Crippen LogP contribution in [-0.2, 0) is 0 Å². The number of fused-ring (bicyclic) bond motifs is 1. The van der Waals surface area contributed by atoms with Gasteiger partial charge in [0.1, 0.15) is 11.4 Å². The van der Waals surface area contributed by atoms with Crippen LogP contribution in [0.5, 0.6) is 0 Å². The van der Waals surface area contributed by atoms with E-state index in [9.17, 15) is 9.59 Å². The van der Waals surface area contributed by atoms with Gasteiger partial charge in [0.25, 0.3) is 11.8 Å². The molecule has 4 heterocycles. The molecule has 0 saturated carbocycles. The van der Waals surface area contributed by atoms with Gasteiger partial charge in [0.15, 0.2) is 0 Å². The number of carbonyl (C=O) groups excluding carboxylic acids is 2. The van der Waals surface area contributed by atoms with Crippen LogP contribution in [0, 0.1) is 11.8 Å². The number of pyridine rings is 1. The fraction of sp³-hybridized carbons (Fsp3) is 0.261. The number of amides is 2. The average molecular weight is 399 g/mol. The normalized spacial score (nSPS) is 22.7. The largest absolute Gasteiger partial charge is 0.337 e. The van der Waals surface area contributed by atoms with Gasteiger partial charge in [-0.25, -0.2) is 4.98 Å². The van der Waals surface area contributed by atoms with Crippen molar-refractivity contribution in [1.82, 2.24) is 24.8 Å². The summed E-state index contributed by atoms with van der Waals surface area (Å²) in [6, 6.07) is 15.3. The Morgan fingerprint density at radius 1 is 0.800 bits per heavy atom. The Labute approximate surface area is 174 Å². The highest BCUT2D eigenvalue weighted by atomic mass is 16.2. The van der Waals surface area contributed by atoms with E-state index >= 15 is 0 Å². The third kappa shape index (κ3) is 3.22. The van der Waals surface area contributed by atoms with Crippen molar-refractivity contribution < 1.29 is 9.59 Å². The van der Waals surface area contributed by atoms with Crippen LogP contribution in [0.4, 0.5) is 0 Å². The van der Waals surface area contributed by atoms with E-state index in [0.29, 0.717) is 31.0 Å². The van der Waals surface area contributed by atoms with Crippen molar-refractivity contribution in [2.75, 3.05) is 19.6 Å². The number of likely N-dealkylation sites (tertiary alicyclic amines) is 2. The van der Waals surface area contributed by atoms with E-state index in [1.165, 1.54) is 12.4 Å². The fourth-order valence-electron chi connectivity index (χ4n) is 4.71. The zero-order valence-corrected chi connectivity index (χ0v) is 16.3. The highest BCUT2D eigenvalue weighted by Gasteiger charge is 2.50. The number of carbonyl (C=O) groups is 2. The number of hydrogen-bond donors (Lipinski definition) is 0. The number of hydrogen-bond acceptors (Lipinski definition) is 5. The Kier molecular flexibility index (Phi) is 4.71. The number of benzene rings is 1. The van der Waals surface area contributed by atoms with Crippen molar-refractivity contribution in [2.45, 2.75) is 6.04 Å². The molecule has 2 saturated heterocycles. The smallest absolute Gasteiger partial charge is 0.274 e. The summed E-state index contributed by atoms with van der Waals surface area (Å²) in [5.74, 6) is 0.210. The van der Waals surface area contributed by atoms with Gasteiger partial charge in [-0.3, -0.25) is 19.6 Å². The second-order valence-electron chi connectivity index (χ2n) is 7.75. The molecule has 2 aromatic heterocycles. The summed E-state index contributed by atoms with van der Waals surface area (Å²) < 4.78 is 0. The molecular weight excluding hydrogens is 378 g/mol. The molecule has 7 nitrogen and oxygen atoms in total. The zero-order valence-electron chi connectivity index (χ0n) is 16.3. The molecule has 2 aliphatic rings. The minimum Gasteiger partial charge on any atom is -0.337 e. The third-order valence-electron chi connectivity index (χ3n) is 6.02. The molecule has 0 spiro atoms. The summed E-state index contributed by atoms with van der Waals surface area (Å²) in [5, 5.41) is 0. The van der Waals surface area contributed by atoms with Gasteiger partial charge >= 0.3 is 0 Å². The van der Waals surface area contributed by atoms with Crippen molar-refractivity contribution in [3.05, 3.63) is 90.3 Å². The number of nitrogens with zero attached hydrogens (tertiary/aromatic N) is 5. The van der Waals surface area contributed by atoms with Crippen molar-refractivity contribution in [2.24, 2.45) is 11.8 Å². The van der Waals surface area contributed by atoms with E-state index in [1.807, 2.05) is 46.2 Å². The first-order chi connectivity index (χ1) is 14.7. The molecule has 0 aliphatic carbocycles. The monoisotopic (exact) mass is 399 g/mol. The summed E-state index contributed by atoms with van der Waals surface area (Å²) >= 11 is 0. The average Bonchev–Trinajstić information content (AvgIpc) is 3.38. The summed E-state index contributed by atoms with van der Waals surface area (Å²) in [4.78, 5) is 42.4. The van der Waals surface area contributed by atoms with Gasteiger partial charge in [-0.2, -0.15) is 0 Å². The molecule has 1 aromatic carbocycles. The lowest BCUT2D eigenvalue weighted by molar-refractivity contribution is 0.0670. The van der Waals surface area contributed by atoms with Crippen molar-refractivity contribution in [3.63, 3.8) is 0 Å². The maximum atomic E-state index is 13.2. The van der Waals surface area contributed by atoms with Gasteiger partial charge < -0.3 is 9.80 Å². The second kappa shape index (κ2) is 7.67. The van der Waals surface area contributed by atoms with E-state index in [0.717, 1.165) is 5.56 Å². The molecule has 0 unspecified atom stereocenters. The highest BCUT2D eigenvalue weighted by molar-refractivity contribution is 5.93. The minimum atomic E-state index is -0.117. The molecule has 2 amide bonds. The standard InChI is InChI=1S/C23H21N5O2/c29-22(19-8-4-5-9-25-19)27-13-17-14-28(23(30)20-12-24-10-11-26-20)21(18(17)15-27)16-6-2-1-3-7-16/h1-12,17-18,21H,13-15H2/t17-,18-,21+/m0/s1. The van der Waals surface area contributed by atoms with E-state index in [4.69, 9.17) is 0 Å². The van der Waals surface area contributed by atoms with Gasteiger partial charge in [-0.1, -0.05) is 36.4 Å². The van der Waals surface area contributed by atoms with Gasteiger partial charge in [0.2, 0.25) is 0 Å². The molecule has 0 bridgehead atoms. The molecule has 7 heteroatoms. The molecule has 2 aliphatic heterocycles. The fourth-order valence-corrected chi connectivity index (χ4v) is 4.71. The lowest BCUT2D eigenvalue weighted by Crippen LogP contribution is -2.38. The first kappa shape index (κ1) is 18.4. The predicted molar refractivity (Wildman–Crippen MR) is 109 cm³/mol. The lowest BCUT2D eigenvalue weighted by atomic mass is 9.89. The first-order valence-electron chi connectivity index (χ1n) is 10.0. The van der Waals surface area contributed by atoms with Crippen molar-refractivity contribution in [1.29, 1.82) is 0 Å². The molecule has 30 heavy (non-hydrogen) atoms. The summed E-state index contributed by atoms with van der Waals surface area (Å²) in [7, 11) is 0. The van der Waals surface area contributed by atoms with Crippen LogP contribution in [0.2, 0.25) is 0 Å². The number of rotatable bonds is 3. The maximum Gasteiger partial charge on any atom is 0.274 e. The topological polar surface area (TPSA) is 79.3 Å². The second-order valence-corrected chi connectivity index (χ2v) is 7.75. The Morgan fingerprint density at radius 3 is 2.33 bits per heavy atom. The Balaban J connectivity index is 1.44. The lowest BCUT2D eigenvalue weighted by Gasteiger charge is -2.29. The van der Waals surface area contributed by atoms with Crippen LogP contribution in [0.15, 0.2) is 73.3 Å². The SMILES string of the molecule is O=C(c1ccccn1)N1C[C@H]2CN(C(=O)c3cnccn3)[C@H](c3ccccc3)[C@H]2C1. The highest BCUT2D eigenvalue weighted by Crippen LogP contribution is 2.45. The van der Waals surface area contributed by atoms with Crippen molar-refractivity contribution >= 4 is 11.8 Å². The van der Waals surface area contributed by atoms with Gasteiger partial charge in [-0.15, -0.1) is 0 Å². The zero-order chi connectivity index (χ0) is 20.5. The summed E-state index contributed by atoms with van der Waals surface area (Å²) in [6.45, 7) is 1.81. The predicted octanol–water partition coefficient (Wildman–Crippen LogP) is 2.46. The number of aromatic nitrogens is 3. The van der Waals surface area contributed by atoms with Crippen LogP contribution in [-0.4, -0.2) is 56.2 Å². The van der Waals surface area contributed by atoms with Gasteiger partial charge in [0, 0.05) is 50.1 Å². The van der Waals surface area contributed by atoms with Crippen LogP contribution in [0.1, 0.15) is 32.6 Å². The summed E-state index contributed by atoms with van der Waals surface area (Å²) in [5.41, 5.74) is 1.88. The van der Waals surface area contributed by atoms with Gasteiger partial charge in [-0.05, 0) is 17.7 Å². The van der Waals surface area contributed by atoms with Crippen LogP contribution in [0.3, 0.4) is 0 Å². The summed E-state index contributed by atoms with van der Waals surface area (Å²) in [6.07, 6.45) is 6.24. The van der Waals surface area contributed by atoms with Crippen LogP contribution >= 0.6 is 0 Å². The minimum absolute atomic E-state index is 0.0522. The molecule has 0 N–H and O–H groups in total. The maximum absolute atomic E-state index is 13.2. The molecule has 2 fully saturated rings. The Morgan fingerprint density at radius 2 is 1.60 bits per heavy atom. The van der Waals surface area contributed by atoms with Crippen LogP contribution in [0.25, 0.3) is 0 Å². The van der Waals surface area contributed by atoms with Crippen molar-refractivity contribution in [3.8, 4) is 0 Å². The molecule has 150 valence electrons. The third-order valence-corrected chi connectivity index (χ3v) is 6.02. The molecule has 3 aromatic rings. The van der Waals surface area contributed by atoms with E-state index in [1.54, 1.807) is 24.5 Å². The van der Waals surface area contributed by atoms with E-state index in [-0.39, 0.29) is 29.7 Å². The van der Waals surface area contributed by atoms with Crippen LogP contribution < -0.4 is 0 Å². The van der Waals surface area contributed by atoms with E-state index in [2.05, 4.69) is 15.0 Å². The Bertz CT molecular complexity index is 1040. The van der Waals surface area contributed by atoms with Gasteiger partial charge in [0.05, 0.1) is 12.2 Å². The Hall–Kier alpha value is -3.61. The molecule has 3 atom stereocenters. The molecular formula is C23H21N5O2. The quantitative estimate of drug-likeness (QED) is 0.676.